The molecule has 0 bridgehead atoms. The number of benzene rings is 1. The van der Waals surface area contributed by atoms with E-state index in [1.54, 1.807) is 44.2 Å². The molecule has 5 heteroatoms. The lowest BCUT2D eigenvalue weighted by Gasteiger charge is -2.33. The van der Waals surface area contributed by atoms with E-state index in [4.69, 9.17) is 0 Å². The van der Waals surface area contributed by atoms with Crippen LogP contribution in [0.5, 0.6) is 0 Å². The molecule has 144 valence electrons. The van der Waals surface area contributed by atoms with E-state index in [9.17, 15) is 18.3 Å². The number of hydrogen-bond donors (Lipinski definition) is 1. The Bertz CT molecular complexity index is 757. The smallest absolute Gasteiger partial charge is 0.185 e. The predicted octanol–water partition coefficient (Wildman–Crippen LogP) is 3.94. The van der Waals surface area contributed by atoms with E-state index in [-0.39, 0.29) is 24.0 Å². The van der Waals surface area contributed by atoms with Gasteiger partial charge in [-0.05, 0) is 58.1 Å². The first kappa shape index (κ1) is 20.8. The molecule has 0 saturated heterocycles. The van der Waals surface area contributed by atoms with E-state index in [2.05, 4.69) is 0 Å². The highest BCUT2D eigenvalue weighted by Crippen LogP contribution is 2.37. The monoisotopic (exact) mass is 378 g/mol. The molecule has 3 unspecified atom stereocenters. The minimum absolute atomic E-state index is 0.0262. The average molecular weight is 379 g/mol. The van der Waals surface area contributed by atoms with Crippen LogP contribution in [0.15, 0.2) is 46.9 Å². The molecule has 0 spiro atoms. The van der Waals surface area contributed by atoms with Gasteiger partial charge in [0.25, 0.3) is 0 Å². The van der Waals surface area contributed by atoms with Gasteiger partial charge in [-0.1, -0.05) is 36.8 Å². The van der Waals surface area contributed by atoms with Crippen LogP contribution in [0.25, 0.3) is 0 Å². The maximum absolute atomic E-state index is 13.2. The summed E-state index contributed by atoms with van der Waals surface area (Å²) in [5, 5.41) is 9.18. The van der Waals surface area contributed by atoms with Gasteiger partial charge in [0.15, 0.2) is 9.84 Å². The molecular formula is C21H30O4S. The first-order chi connectivity index (χ1) is 12.0. The number of hydrogen-bond acceptors (Lipinski definition) is 4. The Morgan fingerprint density at radius 3 is 2.46 bits per heavy atom. The highest BCUT2D eigenvalue weighted by molar-refractivity contribution is 7.92. The van der Waals surface area contributed by atoms with Crippen molar-refractivity contribution in [3.8, 4) is 0 Å². The first-order valence-electron chi connectivity index (χ1n) is 9.24. The first-order valence-corrected chi connectivity index (χ1v) is 10.8. The summed E-state index contributed by atoms with van der Waals surface area (Å²) in [7, 11) is -3.54. The number of allylic oxidation sites excluding steroid dienone is 1. The Balaban J connectivity index is 2.28. The average Bonchev–Trinajstić information content (AvgIpc) is 2.59. The van der Waals surface area contributed by atoms with Gasteiger partial charge < -0.3 is 5.11 Å². The minimum Gasteiger partial charge on any atom is -0.390 e. The third-order valence-corrected chi connectivity index (χ3v) is 7.44. The zero-order valence-corrected chi connectivity index (χ0v) is 16.9. The Morgan fingerprint density at radius 2 is 1.88 bits per heavy atom. The molecule has 3 atom stereocenters. The van der Waals surface area contributed by atoms with Crippen molar-refractivity contribution in [2.45, 2.75) is 69.1 Å². The van der Waals surface area contributed by atoms with Crippen LogP contribution in [0, 0.1) is 11.8 Å². The molecule has 1 aliphatic carbocycles. The van der Waals surface area contributed by atoms with Gasteiger partial charge in [0.05, 0.1) is 15.7 Å². The summed E-state index contributed by atoms with van der Waals surface area (Å²) in [6.45, 7) is 7.14. The summed E-state index contributed by atoms with van der Waals surface area (Å²) in [5.41, 5.74) is 0.162. The summed E-state index contributed by atoms with van der Waals surface area (Å²) in [5.74, 6) is -0.568. The molecule has 0 amide bonds. The third kappa shape index (κ3) is 5.04. The van der Waals surface area contributed by atoms with Crippen LogP contribution >= 0.6 is 0 Å². The maximum Gasteiger partial charge on any atom is 0.185 e. The van der Waals surface area contributed by atoms with E-state index in [1.165, 1.54) is 0 Å². The second-order valence-electron chi connectivity index (χ2n) is 8.11. The van der Waals surface area contributed by atoms with Gasteiger partial charge in [-0.2, -0.15) is 0 Å². The summed E-state index contributed by atoms with van der Waals surface area (Å²) >= 11 is 0. The normalized spacial score (nSPS) is 22.6. The zero-order valence-electron chi connectivity index (χ0n) is 16.1. The van der Waals surface area contributed by atoms with Crippen molar-refractivity contribution < 1.29 is 18.3 Å². The van der Waals surface area contributed by atoms with Crippen LogP contribution in [-0.2, 0) is 14.6 Å². The van der Waals surface area contributed by atoms with Crippen LogP contribution < -0.4 is 0 Å². The second-order valence-corrected chi connectivity index (χ2v) is 10.2. The predicted molar refractivity (Wildman–Crippen MR) is 104 cm³/mol. The van der Waals surface area contributed by atoms with E-state index in [1.807, 2.05) is 19.9 Å². The quantitative estimate of drug-likeness (QED) is 0.730. The van der Waals surface area contributed by atoms with Crippen molar-refractivity contribution in [3.63, 3.8) is 0 Å². The standard InChI is InChI=1S/C21H30O4S/c1-15-10-11-18(16(2)19(22)12-13-21(3,4)23)20(14-15)26(24,25)17-8-6-5-7-9-17/h5-9,14,16,18,20,23H,10-13H2,1-4H3. The van der Waals surface area contributed by atoms with Crippen LogP contribution in [0.3, 0.4) is 0 Å². The SMILES string of the molecule is CC1=CC(S(=O)(=O)c2ccccc2)C(C(C)C(=O)CCC(C)(C)O)CC1. The Hall–Kier alpha value is -1.46. The zero-order chi connectivity index (χ0) is 19.5. The van der Waals surface area contributed by atoms with E-state index < -0.39 is 20.7 Å². The Kier molecular flexibility index (Phi) is 6.46. The van der Waals surface area contributed by atoms with Gasteiger partial charge in [0.1, 0.15) is 5.78 Å². The van der Waals surface area contributed by atoms with Crippen LogP contribution in [0.4, 0.5) is 0 Å². The number of carbonyl (C=O) groups is 1. The molecule has 0 aliphatic heterocycles. The van der Waals surface area contributed by atoms with Crippen molar-refractivity contribution in [3.05, 3.63) is 42.0 Å². The molecule has 0 radical (unpaired) electrons. The third-order valence-electron chi connectivity index (χ3n) is 5.31. The van der Waals surface area contributed by atoms with E-state index in [0.29, 0.717) is 17.7 Å². The molecule has 1 aromatic rings. The molecule has 0 heterocycles. The summed E-state index contributed by atoms with van der Waals surface area (Å²) in [6, 6.07) is 8.47. The topological polar surface area (TPSA) is 71.4 Å². The van der Waals surface area contributed by atoms with Crippen molar-refractivity contribution >= 4 is 15.6 Å². The lowest BCUT2D eigenvalue weighted by Crippen LogP contribution is -2.38. The highest BCUT2D eigenvalue weighted by atomic mass is 32.2. The number of ketones is 1. The van der Waals surface area contributed by atoms with Crippen molar-refractivity contribution in [2.24, 2.45) is 11.8 Å². The number of aliphatic hydroxyl groups is 1. The van der Waals surface area contributed by atoms with E-state index in [0.717, 1.165) is 12.0 Å². The van der Waals surface area contributed by atoms with Crippen molar-refractivity contribution in [1.29, 1.82) is 0 Å². The molecular weight excluding hydrogens is 348 g/mol. The summed E-state index contributed by atoms with van der Waals surface area (Å²) < 4.78 is 26.4. The molecule has 0 fully saturated rings. The van der Waals surface area contributed by atoms with Gasteiger partial charge in [-0.3, -0.25) is 4.79 Å². The molecule has 26 heavy (non-hydrogen) atoms. The molecule has 0 aromatic heterocycles. The van der Waals surface area contributed by atoms with Crippen molar-refractivity contribution in [1.82, 2.24) is 0 Å². The van der Waals surface area contributed by atoms with Crippen LogP contribution in [0.1, 0.15) is 53.4 Å². The van der Waals surface area contributed by atoms with Gasteiger partial charge in [0, 0.05) is 12.3 Å². The van der Waals surface area contributed by atoms with E-state index >= 15 is 0 Å². The lowest BCUT2D eigenvalue weighted by molar-refractivity contribution is -0.125. The summed E-state index contributed by atoms with van der Waals surface area (Å²) in [6.07, 6.45) is 3.98. The van der Waals surface area contributed by atoms with Gasteiger partial charge in [-0.25, -0.2) is 8.42 Å². The highest BCUT2D eigenvalue weighted by Gasteiger charge is 2.40. The fraction of sp³-hybridized carbons (Fsp3) is 0.571. The number of rotatable bonds is 7. The molecule has 0 saturated carbocycles. The molecule has 4 nitrogen and oxygen atoms in total. The Labute approximate surface area is 157 Å². The minimum atomic E-state index is -3.54. The van der Waals surface area contributed by atoms with Crippen LogP contribution in [0.2, 0.25) is 0 Å². The fourth-order valence-corrected chi connectivity index (χ4v) is 5.66. The molecule has 1 N–H and O–H groups in total. The number of Topliss-reactive ketones (excluding diaryl/α,β-unsaturated/α-hetero) is 1. The lowest BCUT2D eigenvalue weighted by atomic mass is 9.78. The Morgan fingerprint density at radius 1 is 1.27 bits per heavy atom. The number of carbonyl (C=O) groups excluding carboxylic acids is 1. The van der Waals surface area contributed by atoms with Crippen molar-refractivity contribution in [2.75, 3.05) is 0 Å². The molecule has 1 aromatic carbocycles. The molecule has 2 rings (SSSR count). The fourth-order valence-electron chi connectivity index (χ4n) is 3.56. The van der Waals surface area contributed by atoms with Gasteiger partial charge in [-0.15, -0.1) is 0 Å². The number of sulfone groups is 1. The van der Waals surface area contributed by atoms with Gasteiger partial charge >= 0.3 is 0 Å². The van der Waals surface area contributed by atoms with Gasteiger partial charge in [0.2, 0.25) is 0 Å². The molecule has 1 aliphatic rings. The maximum atomic E-state index is 13.2. The van der Waals surface area contributed by atoms with Crippen LogP contribution in [-0.4, -0.2) is 30.2 Å². The largest absolute Gasteiger partial charge is 0.390 e. The second kappa shape index (κ2) is 8.05. The summed E-state index contributed by atoms with van der Waals surface area (Å²) in [4.78, 5) is 13.0.